The van der Waals surface area contributed by atoms with Crippen LogP contribution < -0.4 is 5.73 Å². The Labute approximate surface area is 110 Å². The van der Waals surface area contributed by atoms with Crippen LogP contribution in [0.2, 0.25) is 10.0 Å². The number of rotatable bonds is 2. The summed E-state index contributed by atoms with van der Waals surface area (Å²) in [4.78, 5) is 4.21. The number of nitrogens with zero attached hydrogens (tertiary/aromatic N) is 1. The molecule has 0 fully saturated rings. The van der Waals surface area contributed by atoms with E-state index >= 15 is 0 Å². The predicted octanol–water partition coefficient (Wildman–Crippen LogP) is 4.20. The number of aromatic nitrogens is 1. The van der Waals surface area contributed by atoms with Crippen LogP contribution in [0, 0.1) is 0 Å². The third-order valence-corrected chi connectivity index (χ3v) is 3.18. The molecule has 2 aromatic rings. The van der Waals surface area contributed by atoms with E-state index in [4.69, 9.17) is 28.9 Å². The molecule has 4 heteroatoms. The average Bonchev–Trinajstić information content (AvgIpc) is 2.34. The zero-order valence-corrected chi connectivity index (χ0v) is 10.9. The van der Waals surface area contributed by atoms with E-state index in [9.17, 15) is 0 Å². The van der Waals surface area contributed by atoms with Gasteiger partial charge in [-0.2, -0.15) is 0 Å². The van der Waals surface area contributed by atoms with Crippen molar-refractivity contribution in [3.63, 3.8) is 0 Å². The number of nitrogens with two attached hydrogens (primary N) is 1. The first-order chi connectivity index (χ1) is 8.11. The highest BCUT2D eigenvalue weighted by Crippen LogP contribution is 2.31. The minimum absolute atomic E-state index is 0.297. The molecule has 0 aliphatic rings. The van der Waals surface area contributed by atoms with Gasteiger partial charge < -0.3 is 5.73 Å². The largest absolute Gasteiger partial charge is 0.382 e. The van der Waals surface area contributed by atoms with Crippen molar-refractivity contribution < 1.29 is 0 Å². The molecule has 0 radical (unpaired) electrons. The van der Waals surface area contributed by atoms with Crippen molar-refractivity contribution in [2.75, 3.05) is 5.73 Å². The number of nitrogen functional groups attached to an aromatic ring is 1. The van der Waals surface area contributed by atoms with Crippen LogP contribution in [0.3, 0.4) is 0 Å². The van der Waals surface area contributed by atoms with Crippen LogP contribution in [0.15, 0.2) is 30.3 Å². The molecule has 2 nitrogen and oxygen atoms in total. The second kappa shape index (κ2) is 4.94. The first-order valence-electron chi connectivity index (χ1n) is 5.32. The fraction of sp³-hybridized carbons (Fsp3) is 0.154. The normalized spacial score (nSPS) is 10.5. The molecule has 2 N–H and O–H groups in total. The van der Waals surface area contributed by atoms with E-state index in [1.165, 1.54) is 5.56 Å². The van der Waals surface area contributed by atoms with Crippen LogP contribution in [0.25, 0.3) is 11.3 Å². The summed E-state index contributed by atoms with van der Waals surface area (Å²) in [6.07, 6.45) is 1.00. The zero-order valence-electron chi connectivity index (χ0n) is 9.37. The van der Waals surface area contributed by atoms with E-state index in [1.807, 2.05) is 12.1 Å². The van der Waals surface area contributed by atoms with Crippen LogP contribution in [0.1, 0.15) is 12.5 Å². The number of pyridine rings is 1. The Kier molecular flexibility index (Phi) is 3.55. The molecule has 0 bridgehead atoms. The lowest BCUT2D eigenvalue weighted by Crippen LogP contribution is -1.94. The van der Waals surface area contributed by atoms with E-state index in [-0.39, 0.29) is 0 Å². The Morgan fingerprint density at radius 3 is 2.35 bits per heavy atom. The monoisotopic (exact) mass is 266 g/mol. The Morgan fingerprint density at radius 2 is 1.76 bits per heavy atom. The Bertz CT molecular complexity index is 536. The molecule has 0 saturated heterocycles. The van der Waals surface area contributed by atoms with Gasteiger partial charge in [0.05, 0.1) is 15.7 Å². The van der Waals surface area contributed by atoms with Gasteiger partial charge in [0.25, 0.3) is 0 Å². The number of hydrogen-bond donors (Lipinski definition) is 1. The SMILES string of the molecule is CCc1ccc(-c2nc(N)c(Cl)cc2Cl)cc1. The topological polar surface area (TPSA) is 38.9 Å². The fourth-order valence-corrected chi connectivity index (χ4v) is 2.05. The average molecular weight is 267 g/mol. The molecular weight excluding hydrogens is 255 g/mol. The highest BCUT2D eigenvalue weighted by Gasteiger charge is 2.09. The zero-order chi connectivity index (χ0) is 12.4. The molecule has 0 aliphatic heterocycles. The molecule has 0 atom stereocenters. The minimum atomic E-state index is 0.297. The third-order valence-electron chi connectivity index (χ3n) is 2.59. The van der Waals surface area contributed by atoms with E-state index < -0.39 is 0 Å². The molecule has 2 rings (SSSR count). The Balaban J connectivity index is 2.48. The van der Waals surface area contributed by atoms with Gasteiger partial charge in [-0.3, -0.25) is 0 Å². The van der Waals surface area contributed by atoms with Gasteiger partial charge >= 0.3 is 0 Å². The molecule has 1 heterocycles. The van der Waals surface area contributed by atoms with Crippen molar-refractivity contribution in [2.45, 2.75) is 13.3 Å². The Hall–Kier alpha value is -1.25. The summed E-state index contributed by atoms with van der Waals surface area (Å²) in [6, 6.07) is 9.70. The summed E-state index contributed by atoms with van der Waals surface area (Å²) < 4.78 is 0. The summed E-state index contributed by atoms with van der Waals surface area (Å²) >= 11 is 12.0. The van der Waals surface area contributed by atoms with E-state index in [1.54, 1.807) is 6.07 Å². The summed E-state index contributed by atoms with van der Waals surface area (Å²) in [6.45, 7) is 2.11. The van der Waals surface area contributed by atoms with Gasteiger partial charge in [0.2, 0.25) is 0 Å². The number of benzene rings is 1. The molecule has 0 aliphatic carbocycles. The maximum absolute atomic E-state index is 6.11. The van der Waals surface area contributed by atoms with Gasteiger partial charge in [0.15, 0.2) is 0 Å². The molecule has 0 saturated carbocycles. The van der Waals surface area contributed by atoms with Gasteiger partial charge in [-0.05, 0) is 18.1 Å². The van der Waals surface area contributed by atoms with Crippen LogP contribution >= 0.6 is 23.2 Å². The summed E-state index contributed by atoms with van der Waals surface area (Å²) in [5, 5.41) is 0.886. The number of hydrogen-bond acceptors (Lipinski definition) is 2. The van der Waals surface area contributed by atoms with Gasteiger partial charge in [-0.25, -0.2) is 4.98 Å². The van der Waals surface area contributed by atoms with E-state index in [0.717, 1.165) is 12.0 Å². The van der Waals surface area contributed by atoms with E-state index in [0.29, 0.717) is 21.6 Å². The van der Waals surface area contributed by atoms with Gasteiger partial charge in [-0.15, -0.1) is 0 Å². The van der Waals surface area contributed by atoms with Crippen LogP contribution in [-0.2, 0) is 6.42 Å². The van der Waals surface area contributed by atoms with Crippen molar-refractivity contribution in [3.05, 3.63) is 45.9 Å². The lowest BCUT2D eigenvalue weighted by atomic mass is 10.1. The van der Waals surface area contributed by atoms with Crippen LogP contribution in [0.4, 0.5) is 5.82 Å². The van der Waals surface area contributed by atoms with Crippen LogP contribution in [-0.4, -0.2) is 4.98 Å². The quantitative estimate of drug-likeness (QED) is 0.885. The maximum Gasteiger partial charge on any atom is 0.143 e. The molecular formula is C13H12Cl2N2. The Morgan fingerprint density at radius 1 is 1.12 bits per heavy atom. The predicted molar refractivity (Wildman–Crippen MR) is 73.5 cm³/mol. The number of anilines is 1. The summed E-state index contributed by atoms with van der Waals surface area (Å²) in [7, 11) is 0. The van der Waals surface area contributed by atoms with Gasteiger partial charge in [0.1, 0.15) is 5.82 Å². The second-order valence-corrected chi connectivity index (χ2v) is 4.55. The molecule has 0 amide bonds. The first-order valence-corrected chi connectivity index (χ1v) is 6.08. The first kappa shape index (κ1) is 12.2. The molecule has 17 heavy (non-hydrogen) atoms. The van der Waals surface area contributed by atoms with Crippen molar-refractivity contribution in [1.82, 2.24) is 4.98 Å². The molecule has 0 unspecified atom stereocenters. The van der Waals surface area contributed by atoms with Crippen molar-refractivity contribution >= 4 is 29.0 Å². The molecule has 88 valence electrons. The standard InChI is InChI=1S/C13H12Cl2N2/c1-2-8-3-5-9(6-4-8)12-10(14)7-11(15)13(16)17-12/h3-7H,2H2,1H3,(H2,16,17). The fourth-order valence-electron chi connectivity index (χ4n) is 1.58. The van der Waals surface area contributed by atoms with Crippen molar-refractivity contribution in [3.8, 4) is 11.3 Å². The summed E-state index contributed by atoms with van der Waals surface area (Å²) in [5.41, 5.74) is 8.55. The lowest BCUT2D eigenvalue weighted by Gasteiger charge is -2.07. The summed E-state index contributed by atoms with van der Waals surface area (Å²) in [5.74, 6) is 0.297. The van der Waals surface area contributed by atoms with Crippen molar-refractivity contribution in [1.29, 1.82) is 0 Å². The molecule has 0 spiro atoms. The smallest absolute Gasteiger partial charge is 0.143 e. The number of aryl methyl sites for hydroxylation is 1. The second-order valence-electron chi connectivity index (χ2n) is 3.74. The third kappa shape index (κ3) is 2.54. The lowest BCUT2D eigenvalue weighted by molar-refractivity contribution is 1.14. The van der Waals surface area contributed by atoms with E-state index in [2.05, 4.69) is 24.0 Å². The highest BCUT2D eigenvalue weighted by atomic mass is 35.5. The van der Waals surface area contributed by atoms with Gasteiger partial charge in [-0.1, -0.05) is 54.4 Å². The van der Waals surface area contributed by atoms with Crippen LogP contribution in [0.5, 0.6) is 0 Å². The van der Waals surface area contributed by atoms with Gasteiger partial charge in [0, 0.05) is 5.56 Å². The molecule has 1 aromatic heterocycles. The van der Waals surface area contributed by atoms with Crippen molar-refractivity contribution in [2.24, 2.45) is 0 Å². The minimum Gasteiger partial charge on any atom is -0.382 e. The maximum atomic E-state index is 6.11. The molecule has 1 aromatic carbocycles. The highest BCUT2D eigenvalue weighted by molar-refractivity contribution is 6.37. The number of halogens is 2.